The van der Waals surface area contributed by atoms with Crippen LogP contribution in [-0.2, 0) is 16.1 Å². The second-order valence-corrected chi connectivity index (χ2v) is 9.22. The van der Waals surface area contributed by atoms with Gasteiger partial charge in [-0.3, -0.25) is 9.69 Å². The first-order chi connectivity index (χ1) is 17.5. The summed E-state index contributed by atoms with van der Waals surface area (Å²) in [5, 5.41) is 1.22. The maximum absolute atomic E-state index is 13.2. The zero-order valence-corrected chi connectivity index (χ0v) is 21.5. The average molecular weight is 521 g/mol. The van der Waals surface area contributed by atoms with Crippen LogP contribution in [0, 0.1) is 0 Å². The number of esters is 1. The molecule has 1 aliphatic rings. The number of carbonyl (C=O) groups is 2. The summed E-state index contributed by atoms with van der Waals surface area (Å²) in [6.45, 7) is 4.80. The van der Waals surface area contributed by atoms with E-state index in [9.17, 15) is 9.59 Å². The Morgan fingerprint density at radius 1 is 1.06 bits per heavy atom. The predicted molar refractivity (Wildman–Crippen MR) is 145 cm³/mol. The number of ether oxygens (including phenoxy) is 2. The third-order valence-corrected chi connectivity index (χ3v) is 6.56. The maximum atomic E-state index is 13.2. The van der Waals surface area contributed by atoms with Gasteiger partial charge in [-0.05, 0) is 73.6 Å². The van der Waals surface area contributed by atoms with Crippen LogP contribution in [0.15, 0.2) is 82.7 Å². The van der Waals surface area contributed by atoms with Crippen molar-refractivity contribution in [2.45, 2.75) is 20.5 Å². The molecule has 1 aliphatic heterocycles. The van der Waals surface area contributed by atoms with Crippen molar-refractivity contribution in [1.29, 1.82) is 0 Å². The highest BCUT2D eigenvalue weighted by atomic mass is 35.5. The highest BCUT2D eigenvalue weighted by Crippen LogP contribution is 2.35. The summed E-state index contributed by atoms with van der Waals surface area (Å²) in [5.74, 6) is 0.136. The smallest absolute Gasteiger partial charge is 0.338 e. The normalized spacial score (nSPS) is 15.5. The number of hydrogen-bond acceptors (Lipinski definition) is 6. The van der Waals surface area contributed by atoms with Gasteiger partial charge in [0.05, 0.1) is 22.8 Å². The molecule has 1 saturated heterocycles. The van der Waals surface area contributed by atoms with Crippen molar-refractivity contribution >= 4 is 52.2 Å². The van der Waals surface area contributed by atoms with Crippen LogP contribution in [-0.4, -0.2) is 35.1 Å². The fraction of sp³-hybridized carbons (Fsp3) is 0.179. The van der Waals surface area contributed by atoms with E-state index in [0.717, 1.165) is 11.1 Å². The van der Waals surface area contributed by atoms with Gasteiger partial charge in [0, 0.05) is 17.1 Å². The fourth-order valence-corrected chi connectivity index (χ4v) is 4.69. The van der Waals surface area contributed by atoms with Crippen LogP contribution in [0.1, 0.15) is 35.3 Å². The average Bonchev–Trinajstić information content (AvgIpc) is 3.18. The van der Waals surface area contributed by atoms with Crippen molar-refractivity contribution in [2.24, 2.45) is 4.99 Å². The van der Waals surface area contributed by atoms with E-state index in [1.54, 1.807) is 36.1 Å². The van der Waals surface area contributed by atoms with Crippen molar-refractivity contribution in [3.05, 3.63) is 99.4 Å². The van der Waals surface area contributed by atoms with Crippen LogP contribution >= 0.6 is 23.4 Å². The van der Waals surface area contributed by atoms with Crippen molar-refractivity contribution < 1.29 is 19.1 Å². The standard InChI is InChI=1S/C28H25ClN2O4S/c1-3-31-26(32)25(36-28(31)30-23-10-7-9-21(16-23)27(33)34-4-2)17-20-8-5-6-11-24(20)35-18-19-12-14-22(29)15-13-19/h5-17H,3-4,18H2,1-2H3. The monoisotopic (exact) mass is 520 g/mol. The van der Waals surface area contributed by atoms with Gasteiger partial charge in [0.2, 0.25) is 0 Å². The number of para-hydroxylation sites is 1. The number of benzene rings is 3. The zero-order valence-electron chi connectivity index (χ0n) is 19.9. The molecule has 4 rings (SSSR count). The highest BCUT2D eigenvalue weighted by Gasteiger charge is 2.32. The fourth-order valence-electron chi connectivity index (χ4n) is 3.51. The summed E-state index contributed by atoms with van der Waals surface area (Å²) >= 11 is 7.26. The van der Waals surface area contributed by atoms with Crippen molar-refractivity contribution in [2.75, 3.05) is 13.2 Å². The Labute approximate surface area is 219 Å². The molecule has 0 spiro atoms. The lowest BCUT2D eigenvalue weighted by molar-refractivity contribution is -0.122. The SMILES string of the molecule is CCOC(=O)c1cccc(N=C2SC(=Cc3ccccc3OCc3ccc(Cl)cc3)C(=O)N2CC)c1. The van der Waals surface area contributed by atoms with Crippen LogP contribution in [0.5, 0.6) is 5.75 Å². The first-order valence-corrected chi connectivity index (χ1v) is 12.7. The molecule has 0 aliphatic carbocycles. The highest BCUT2D eigenvalue weighted by molar-refractivity contribution is 8.18. The number of rotatable bonds is 8. The van der Waals surface area contributed by atoms with E-state index in [4.69, 9.17) is 21.1 Å². The number of amides is 1. The van der Waals surface area contributed by atoms with Crippen LogP contribution in [0.2, 0.25) is 5.02 Å². The lowest BCUT2D eigenvalue weighted by Gasteiger charge is -2.12. The quantitative estimate of drug-likeness (QED) is 0.243. The predicted octanol–water partition coefficient (Wildman–Crippen LogP) is 6.72. The molecule has 0 unspecified atom stereocenters. The Morgan fingerprint density at radius 2 is 1.83 bits per heavy atom. The van der Waals surface area contributed by atoms with Gasteiger partial charge >= 0.3 is 5.97 Å². The first-order valence-electron chi connectivity index (χ1n) is 11.5. The Balaban J connectivity index is 1.57. The summed E-state index contributed by atoms with van der Waals surface area (Å²) in [7, 11) is 0. The van der Waals surface area contributed by atoms with Crippen LogP contribution in [0.4, 0.5) is 5.69 Å². The van der Waals surface area contributed by atoms with Crippen LogP contribution in [0.3, 0.4) is 0 Å². The maximum Gasteiger partial charge on any atom is 0.338 e. The molecule has 0 saturated carbocycles. The number of carbonyl (C=O) groups excluding carboxylic acids is 2. The molecule has 3 aromatic carbocycles. The van der Waals surface area contributed by atoms with E-state index in [0.29, 0.717) is 51.9 Å². The van der Waals surface area contributed by atoms with Crippen LogP contribution in [0.25, 0.3) is 6.08 Å². The zero-order chi connectivity index (χ0) is 25.5. The minimum atomic E-state index is -0.405. The van der Waals surface area contributed by atoms with Gasteiger partial charge in [0.25, 0.3) is 5.91 Å². The molecular weight excluding hydrogens is 496 g/mol. The van der Waals surface area contributed by atoms with E-state index in [2.05, 4.69) is 4.99 Å². The number of likely N-dealkylation sites (N-methyl/N-ethyl adjacent to an activating group) is 1. The molecule has 0 N–H and O–H groups in total. The summed E-state index contributed by atoms with van der Waals surface area (Å²) in [6.07, 6.45) is 1.82. The number of nitrogens with zero attached hydrogens (tertiary/aromatic N) is 2. The molecule has 0 radical (unpaired) electrons. The van der Waals surface area contributed by atoms with Crippen molar-refractivity contribution in [1.82, 2.24) is 4.90 Å². The van der Waals surface area contributed by atoms with Crippen LogP contribution < -0.4 is 4.74 Å². The molecule has 6 nitrogen and oxygen atoms in total. The van der Waals surface area contributed by atoms with Gasteiger partial charge in [-0.15, -0.1) is 0 Å². The molecule has 3 aromatic rings. The molecule has 0 bridgehead atoms. The minimum absolute atomic E-state index is 0.129. The Morgan fingerprint density at radius 3 is 2.58 bits per heavy atom. The van der Waals surface area contributed by atoms with Gasteiger partial charge in [-0.1, -0.05) is 48.0 Å². The van der Waals surface area contributed by atoms with E-state index < -0.39 is 5.97 Å². The second-order valence-electron chi connectivity index (χ2n) is 7.78. The molecule has 1 fully saturated rings. The molecule has 36 heavy (non-hydrogen) atoms. The summed E-state index contributed by atoms with van der Waals surface area (Å²) in [4.78, 5) is 32.1. The van der Waals surface area contributed by atoms with Gasteiger partial charge in [-0.2, -0.15) is 0 Å². The Hall–Kier alpha value is -3.55. The number of halogens is 1. The number of thioether (sulfide) groups is 1. The minimum Gasteiger partial charge on any atom is -0.488 e. The number of aliphatic imine (C=N–C) groups is 1. The lowest BCUT2D eigenvalue weighted by Crippen LogP contribution is -2.28. The largest absolute Gasteiger partial charge is 0.488 e. The molecule has 0 atom stereocenters. The molecular formula is C28H25ClN2O4S. The molecule has 1 amide bonds. The topological polar surface area (TPSA) is 68.2 Å². The Bertz CT molecular complexity index is 1320. The first kappa shape index (κ1) is 25.5. The van der Waals surface area contributed by atoms with E-state index in [-0.39, 0.29) is 5.91 Å². The molecule has 184 valence electrons. The third kappa shape index (κ3) is 6.17. The number of amidine groups is 1. The summed E-state index contributed by atoms with van der Waals surface area (Å²) in [5.41, 5.74) is 2.77. The van der Waals surface area contributed by atoms with Gasteiger partial charge < -0.3 is 9.47 Å². The lowest BCUT2D eigenvalue weighted by atomic mass is 10.1. The third-order valence-electron chi connectivity index (χ3n) is 5.30. The Kier molecular flexibility index (Phi) is 8.46. The number of hydrogen-bond donors (Lipinski definition) is 0. The molecule has 8 heteroatoms. The van der Waals surface area contributed by atoms with Gasteiger partial charge in [0.1, 0.15) is 12.4 Å². The second kappa shape index (κ2) is 11.9. The van der Waals surface area contributed by atoms with Gasteiger partial charge in [0.15, 0.2) is 5.17 Å². The van der Waals surface area contributed by atoms with E-state index >= 15 is 0 Å². The van der Waals surface area contributed by atoms with Crippen molar-refractivity contribution in [3.8, 4) is 5.75 Å². The van der Waals surface area contributed by atoms with E-state index in [1.165, 1.54) is 11.8 Å². The molecule has 0 aromatic heterocycles. The van der Waals surface area contributed by atoms with Crippen molar-refractivity contribution in [3.63, 3.8) is 0 Å². The van der Waals surface area contributed by atoms with E-state index in [1.807, 2.05) is 61.5 Å². The summed E-state index contributed by atoms with van der Waals surface area (Å²) in [6, 6.07) is 21.9. The summed E-state index contributed by atoms with van der Waals surface area (Å²) < 4.78 is 11.1. The molecule has 1 heterocycles. The van der Waals surface area contributed by atoms with Gasteiger partial charge in [-0.25, -0.2) is 9.79 Å².